The molecule has 48 valence electrons. The highest BCUT2D eigenvalue weighted by atomic mass is 31.0. The highest BCUT2D eigenvalue weighted by Gasteiger charge is 1.85. The minimum Gasteiger partial charge on any atom is -0.133 e. The molecule has 0 heterocycles. The van der Waals surface area contributed by atoms with Crippen LogP contribution in [-0.2, 0) is 6.16 Å². The zero-order valence-electron chi connectivity index (χ0n) is 5.59. The molecule has 1 rings (SSSR count). The third-order valence-corrected chi connectivity index (χ3v) is 1.79. The third-order valence-electron chi connectivity index (χ3n) is 1.32. The van der Waals surface area contributed by atoms with Gasteiger partial charge < -0.3 is 0 Å². The van der Waals surface area contributed by atoms with Gasteiger partial charge >= 0.3 is 0 Å². The smallest absolute Gasteiger partial charge is 0.0128 e. The Labute approximate surface area is 58.5 Å². The van der Waals surface area contributed by atoms with Crippen LogP contribution in [0.2, 0.25) is 0 Å². The number of rotatable bonds is 1. The molecule has 0 aliphatic heterocycles. The second-order valence-electron chi connectivity index (χ2n) is 2.19. The number of hydrogen-bond donors (Lipinski definition) is 0. The van der Waals surface area contributed by atoms with E-state index in [-0.39, 0.29) is 0 Å². The fraction of sp³-hybridized carbons (Fsp3) is 0.250. The first-order valence-electron chi connectivity index (χ1n) is 3.08. The summed E-state index contributed by atoms with van der Waals surface area (Å²) in [6.45, 7) is 2.11. The summed E-state index contributed by atoms with van der Waals surface area (Å²) in [7, 11) is 2.72. The second-order valence-corrected chi connectivity index (χ2v) is 2.60. The standard InChI is InChI=1S/C8H11P/c1-7-3-2-4-8(5-7)6-9/h2-5H,6,9H2,1H3. The van der Waals surface area contributed by atoms with Crippen LogP contribution in [0.3, 0.4) is 0 Å². The van der Waals surface area contributed by atoms with Crippen molar-refractivity contribution < 1.29 is 0 Å². The monoisotopic (exact) mass is 138 g/mol. The van der Waals surface area contributed by atoms with Gasteiger partial charge in [-0.2, -0.15) is 0 Å². The minimum atomic E-state index is 1.06. The lowest BCUT2D eigenvalue weighted by atomic mass is 10.2. The first-order chi connectivity index (χ1) is 4.33. The van der Waals surface area contributed by atoms with E-state index in [0.29, 0.717) is 0 Å². The topological polar surface area (TPSA) is 0 Å². The molecule has 1 atom stereocenters. The molecule has 0 aliphatic carbocycles. The van der Waals surface area contributed by atoms with Crippen LogP contribution in [0.5, 0.6) is 0 Å². The van der Waals surface area contributed by atoms with Gasteiger partial charge in [0.15, 0.2) is 0 Å². The van der Waals surface area contributed by atoms with E-state index in [4.69, 9.17) is 0 Å². The molecule has 0 saturated carbocycles. The van der Waals surface area contributed by atoms with Crippen molar-refractivity contribution in [2.45, 2.75) is 13.1 Å². The molecule has 1 unspecified atom stereocenters. The lowest BCUT2D eigenvalue weighted by Crippen LogP contribution is -1.76. The molecule has 9 heavy (non-hydrogen) atoms. The van der Waals surface area contributed by atoms with Crippen LogP contribution in [0.1, 0.15) is 11.1 Å². The normalized spacial score (nSPS) is 9.56. The molecule has 0 N–H and O–H groups in total. The highest BCUT2D eigenvalue weighted by Crippen LogP contribution is 2.06. The van der Waals surface area contributed by atoms with Crippen molar-refractivity contribution in [3.05, 3.63) is 35.4 Å². The molecule has 1 aromatic rings. The van der Waals surface area contributed by atoms with Crippen LogP contribution in [0.15, 0.2) is 24.3 Å². The Balaban J connectivity index is 2.94. The molecule has 0 amide bonds. The molecule has 0 aromatic heterocycles. The fourth-order valence-corrected chi connectivity index (χ4v) is 1.09. The van der Waals surface area contributed by atoms with Crippen LogP contribution in [-0.4, -0.2) is 0 Å². The van der Waals surface area contributed by atoms with Crippen LogP contribution in [0.4, 0.5) is 0 Å². The summed E-state index contributed by atoms with van der Waals surface area (Å²) in [6.07, 6.45) is 1.06. The molecular formula is C8H11P. The van der Waals surface area contributed by atoms with Gasteiger partial charge in [-0.1, -0.05) is 29.8 Å². The molecule has 0 bridgehead atoms. The van der Waals surface area contributed by atoms with Crippen molar-refractivity contribution in [1.29, 1.82) is 0 Å². The Morgan fingerprint density at radius 3 is 2.67 bits per heavy atom. The van der Waals surface area contributed by atoms with Gasteiger partial charge in [0.1, 0.15) is 0 Å². The number of hydrogen-bond acceptors (Lipinski definition) is 0. The first kappa shape index (κ1) is 6.77. The van der Waals surface area contributed by atoms with Gasteiger partial charge in [0.2, 0.25) is 0 Å². The Hall–Kier alpha value is -0.350. The van der Waals surface area contributed by atoms with Crippen molar-refractivity contribution in [3.63, 3.8) is 0 Å². The third kappa shape index (κ3) is 1.80. The van der Waals surface area contributed by atoms with Gasteiger partial charge in [0.05, 0.1) is 0 Å². The summed E-state index contributed by atoms with van der Waals surface area (Å²) in [4.78, 5) is 0. The minimum absolute atomic E-state index is 1.06. The van der Waals surface area contributed by atoms with Crippen LogP contribution in [0.25, 0.3) is 0 Å². The van der Waals surface area contributed by atoms with Gasteiger partial charge in [0.25, 0.3) is 0 Å². The molecule has 0 nitrogen and oxygen atoms in total. The Kier molecular flexibility index (Phi) is 2.24. The van der Waals surface area contributed by atoms with Crippen LogP contribution >= 0.6 is 9.24 Å². The first-order valence-corrected chi connectivity index (χ1v) is 3.90. The van der Waals surface area contributed by atoms with E-state index >= 15 is 0 Å². The van der Waals surface area contributed by atoms with E-state index in [1.54, 1.807) is 0 Å². The molecular weight excluding hydrogens is 127 g/mol. The predicted octanol–water partition coefficient (Wildman–Crippen LogP) is 2.37. The molecule has 1 aromatic carbocycles. The van der Waals surface area contributed by atoms with Crippen molar-refractivity contribution in [2.24, 2.45) is 0 Å². The van der Waals surface area contributed by atoms with Crippen molar-refractivity contribution in [3.8, 4) is 0 Å². The summed E-state index contributed by atoms with van der Waals surface area (Å²) in [5.41, 5.74) is 2.73. The quantitative estimate of drug-likeness (QED) is 0.522. The number of benzene rings is 1. The summed E-state index contributed by atoms with van der Waals surface area (Å²) in [6, 6.07) is 8.55. The van der Waals surface area contributed by atoms with E-state index in [2.05, 4.69) is 40.4 Å². The Morgan fingerprint density at radius 2 is 2.22 bits per heavy atom. The predicted molar refractivity (Wildman–Crippen MR) is 44.6 cm³/mol. The molecule has 1 heteroatoms. The lowest BCUT2D eigenvalue weighted by Gasteiger charge is -1.95. The van der Waals surface area contributed by atoms with Crippen molar-refractivity contribution >= 4 is 9.24 Å². The summed E-state index contributed by atoms with van der Waals surface area (Å²) >= 11 is 0. The zero-order valence-corrected chi connectivity index (χ0v) is 6.75. The molecule has 0 spiro atoms. The highest BCUT2D eigenvalue weighted by molar-refractivity contribution is 7.15. The molecule has 0 aliphatic rings. The van der Waals surface area contributed by atoms with Crippen LogP contribution < -0.4 is 0 Å². The van der Waals surface area contributed by atoms with Gasteiger partial charge in [-0.05, 0) is 18.6 Å². The lowest BCUT2D eigenvalue weighted by molar-refractivity contribution is 1.36. The molecule has 0 radical (unpaired) electrons. The summed E-state index contributed by atoms with van der Waals surface area (Å²) < 4.78 is 0. The SMILES string of the molecule is Cc1cccc(CP)c1. The largest absolute Gasteiger partial charge is 0.133 e. The number of aryl methyl sites for hydroxylation is 1. The Bertz CT molecular complexity index is 194. The molecule has 0 saturated heterocycles. The maximum Gasteiger partial charge on any atom is -0.0128 e. The van der Waals surface area contributed by atoms with Gasteiger partial charge in [0, 0.05) is 0 Å². The zero-order chi connectivity index (χ0) is 6.69. The van der Waals surface area contributed by atoms with E-state index in [1.807, 2.05) is 0 Å². The van der Waals surface area contributed by atoms with Crippen LogP contribution in [0, 0.1) is 6.92 Å². The van der Waals surface area contributed by atoms with E-state index in [9.17, 15) is 0 Å². The summed E-state index contributed by atoms with van der Waals surface area (Å²) in [5.74, 6) is 0. The van der Waals surface area contributed by atoms with E-state index < -0.39 is 0 Å². The van der Waals surface area contributed by atoms with Gasteiger partial charge in [-0.15, -0.1) is 9.24 Å². The maximum atomic E-state index is 2.72. The Morgan fingerprint density at radius 1 is 1.44 bits per heavy atom. The fourth-order valence-electron chi connectivity index (χ4n) is 0.839. The second kappa shape index (κ2) is 2.98. The van der Waals surface area contributed by atoms with E-state index in [0.717, 1.165) is 6.16 Å². The summed E-state index contributed by atoms with van der Waals surface area (Å²) in [5, 5.41) is 0. The van der Waals surface area contributed by atoms with E-state index in [1.165, 1.54) is 11.1 Å². The van der Waals surface area contributed by atoms with Gasteiger partial charge in [-0.25, -0.2) is 0 Å². The molecule has 0 fully saturated rings. The maximum absolute atomic E-state index is 2.72. The average molecular weight is 138 g/mol. The van der Waals surface area contributed by atoms with Crippen molar-refractivity contribution in [1.82, 2.24) is 0 Å². The van der Waals surface area contributed by atoms with Crippen molar-refractivity contribution in [2.75, 3.05) is 0 Å². The van der Waals surface area contributed by atoms with Gasteiger partial charge in [-0.3, -0.25) is 0 Å². The average Bonchev–Trinajstić information content (AvgIpc) is 1.88.